The average Bonchev–Trinajstić information content (AvgIpc) is 3.09. The van der Waals surface area contributed by atoms with Crippen LogP contribution in [-0.4, -0.2) is 54.6 Å². The van der Waals surface area contributed by atoms with Crippen molar-refractivity contribution in [2.45, 2.75) is 50.3 Å². The predicted molar refractivity (Wildman–Crippen MR) is 96.0 cm³/mol. The first-order chi connectivity index (χ1) is 13.3. The van der Waals surface area contributed by atoms with Crippen LogP contribution in [0.5, 0.6) is 11.8 Å². The normalized spacial score (nSPS) is 22.2. The summed E-state index contributed by atoms with van der Waals surface area (Å²) in [6.45, 7) is 0.733. The second kappa shape index (κ2) is 8.38. The maximum atomic E-state index is 14.4. The summed E-state index contributed by atoms with van der Waals surface area (Å²) in [5, 5.41) is 2.74. The molecule has 9 heteroatoms. The highest BCUT2D eigenvalue weighted by molar-refractivity contribution is 5.84. The van der Waals surface area contributed by atoms with Crippen LogP contribution in [0.3, 0.4) is 0 Å². The fraction of sp³-hybridized carbons (Fsp3) is 0.579. The highest BCUT2D eigenvalue weighted by Crippen LogP contribution is 2.35. The number of hydrogen-bond donors (Lipinski definition) is 1. The van der Waals surface area contributed by atoms with E-state index < -0.39 is 17.8 Å². The third-order valence-corrected chi connectivity index (χ3v) is 5.03. The molecule has 1 aromatic heterocycles. The molecule has 3 rings (SSSR count). The summed E-state index contributed by atoms with van der Waals surface area (Å²) in [6, 6.07) is 0.823. The zero-order valence-corrected chi connectivity index (χ0v) is 15.9. The summed E-state index contributed by atoms with van der Waals surface area (Å²) in [5.41, 5.74) is 0.362. The second-order valence-electron chi connectivity index (χ2n) is 7.15. The Balaban J connectivity index is 1.64. The van der Waals surface area contributed by atoms with Crippen molar-refractivity contribution in [3.8, 4) is 11.8 Å². The van der Waals surface area contributed by atoms with Gasteiger partial charge in [-0.1, -0.05) is 12.2 Å². The van der Waals surface area contributed by atoms with Gasteiger partial charge in [0.1, 0.15) is 12.1 Å². The molecule has 28 heavy (non-hydrogen) atoms. The Hall–Kier alpha value is -2.29. The molecule has 1 aliphatic carbocycles. The quantitative estimate of drug-likeness (QED) is 0.746. The minimum atomic E-state index is -2.69. The summed E-state index contributed by atoms with van der Waals surface area (Å²) in [5.74, 6) is -3.77. The maximum absolute atomic E-state index is 14.4. The van der Waals surface area contributed by atoms with Crippen molar-refractivity contribution in [2.75, 3.05) is 20.7 Å². The summed E-state index contributed by atoms with van der Waals surface area (Å²) < 4.78 is 51.6. The minimum absolute atomic E-state index is 0.0417. The maximum Gasteiger partial charge on any atom is 0.254 e. The third-order valence-electron chi connectivity index (χ3n) is 5.03. The standard InChI is InChI=1S/C19H24F3N3O3/c1-25-9-3-4-15(25)16(26)23-11-12-10-14(20)18(24-17(12)27-2)28-13-5-7-19(21,22)8-6-13/h3-4,10,13,15H,5-9,11H2,1-2H3,(H,23,26). The molecule has 1 atom stereocenters. The molecule has 0 spiro atoms. The number of carbonyl (C=O) groups is 1. The fourth-order valence-corrected chi connectivity index (χ4v) is 3.36. The Morgan fingerprint density at radius 2 is 2.07 bits per heavy atom. The van der Waals surface area contributed by atoms with Gasteiger partial charge in [0.15, 0.2) is 5.82 Å². The van der Waals surface area contributed by atoms with Crippen molar-refractivity contribution < 1.29 is 27.4 Å². The molecule has 0 radical (unpaired) electrons. The van der Waals surface area contributed by atoms with Gasteiger partial charge in [0, 0.05) is 31.5 Å². The van der Waals surface area contributed by atoms with Gasteiger partial charge in [-0.2, -0.15) is 4.98 Å². The van der Waals surface area contributed by atoms with E-state index in [-0.39, 0.29) is 55.9 Å². The third kappa shape index (κ3) is 4.76. The van der Waals surface area contributed by atoms with Crippen LogP contribution in [0, 0.1) is 5.82 Å². The number of amides is 1. The SMILES string of the molecule is COc1nc(OC2CCC(F)(F)CC2)c(F)cc1CNC(=O)C1C=CCN1C. The number of halogens is 3. The first-order valence-corrected chi connectivity index (χ1v) is 9.21. The lowest BCUT2D eigenvalue weighted by molar-refractivity contribution is -0.124. The van der Waals surface area contributed by atoms with Gasteiger partial charge in [0.25, 0.3) is 5.88 Å². The van der Waals surface area contributed by atoms with E-state index >= 15 is 0 Å². The second-order valence-corrected chi connectivity index (χ2v) is 7.15. The smallest absolute Gasteiger partial charge is 0.254 e. The van der Waals surface area contributed by atoms with E-state index in [4.69, 9.17) is 9.47 Å². The molecule has 1 fully saturated rings. The zero-order valence-electron chi connectivity index (χ0n) is 15.9. The number of alkyl halides is 2. The van der Waals surface area contributed by atoms with E-state index in [1.807, 2.05) is 18.0 Å². The van der Waals surface area contributed by atoms with E-state index in [2.05, 4.69) is 10.3 Å². The number of aromatic nitrogens is 1. The van der Waals surface area contributed by atoms with E-state index in [1.54, 1.807) is 6.08 Å². The van der Waals surface area contributed by atoms with Gasteiger partial charge in [-0.05, 0) is 26.0 Å². The molecule has 2 heterocycles. The molecule has 1 amide bonds. The number of methoxy groups -OCH3 is 1. The Labute approximate surface area is 161 Å². The molecular formula is C19H24F3N3O3. The Morgan fingerprint density at radius 3 is 2.68 bits per heavy atom. The van der Waals surface area contributed by atoms with Crippen LogP contribution < -0.4 is 14.8 Å². The molecule has 1 unspecified atom stereocenters. The molecular weight excluding hydrogens is 375 g/mol. The van der Waals surface area contributed by atoms with Gasteiger partial charge in [-0.25, -0.2) is 13.2 Å². The number of ether oxygens (including phenoxy) is 2. The van der Waals surface area contributed by atoms with Gasteiger partial charge >= 0.3 is 0 Å². The van der Waals surface area contributed by atoms with Crippen LogP contribution in [0.15, 0.2) is 18.2 Å². The van der Waals surface area contributed by atoms with E-state index in [1.165, 1.54) is 13.2 Å². The summed E-state index contributed by atoms with van der Waals surface area (Å²) in [4.78, 5) is 18.2. The number of nitrogens with zero attached hydrogens (tertiary/aromatic N) is 2. The summed E-state index contributed by atoms with van der Waals surface area (Å²) in [6.07, 6.45) is 2.89. The molecule has 1 aromatic rings. The molecule has 0 aromatic carbocycles. The number of rotatable bonds is 6. The molecule has 6 nitrogen and oxygen atoms in total. The molecule has 2 aliphatic rings. The summed E-state index contributed by atoms with van der Waals surface area (Å²) in [7, 11) is 3.21. The topological polar surface area (TPSA) is 63.7 Å². The number of carbonyl (C=O) groups excluding carboxylic acids is 1. The highest BCUT2D eigenvalue weighted by Gasteiger charge is 2.36. The van der Waals surface area contributed by atoms with Gasteiger partial charge < -0.3 is 14.8 Å². The molecule has 154 valence electrons. The number of nitrogens with one attached hydrogen (secondary N) is 1. The first-order valence-electron chi connectivity index (χ1n) is 9.21. The molecule has 0 saturated heterocycles. The van der Waals surface area contributed by atoms with Crippen molar-refractivity contribution in [3.05, 3.63) is 29.6 Å². The Kier molecular flexibility index (Phi) is 6.12. The van der Waals surface area contributed by atoms with Gasteiger partial charge in [-0.3, -0.25) is 9.69 Å². The van der Waals surface area contributed by atoms with Crippen LogP contribution in [0.1, 0.15) is 31.2 Å². The van der Waals surface area contributed by atoms with Crippen molar-refractivity contribution in [1.29, 1.82) is 0 Å². The van der Waals surface area contributed by atoms with Gasteiger partial charge in [-0.15, -0.1) is 0 Å². The van der Waals surface area contributed by atoms with E-state index in [0.29, 0.717) is 12.1 Å². The predicted octanol–water partition coefficient (Wildman–Crippen LogP) is 2.67. The monoisotopic (exact) mass is 399 g/mol. The lowest BCUT2D eigenvalue weighted by Crippen LogP contribution is -2.41. The van der Waals surface area contributed by atoms with Crippen LogP contribution in [0.4, 0.5) is 13.2 Å². The molecule has 1 N–H and O–H groups in total. The van der Waals surface area contributed by atoms with Crippen LogP contribution in [0.25, 0.3) is 0 Å². The van der Waals surface area contributed by atoms with E-state index in [9.17, 15) is 18.0 Å². The van der Waals surface area contributed by atoms with Crippen LogP contribution in [-0.2, 0) is 11.3 Å². The fourth-order valence-electron chi connectivity index (χ4n) is 3.36. The lowest BCUT2D eigenvalue weighted by Gasteiger charge is -2.28. The number of likely N-dealkylation sites (N-methyl/N-ethyl adjacent to an activating group) is 1. The van der Waals surface area contributed by atoms with Crippen molar-refractivity contribution in [2.24, 2.45) is 0 Å². The van der Waals surface area contributed by atoms with Gasteiger partial charge in [0.2, 0.25) is 17.7 Å². The van der Waals surface area contributed by atoms with E-state index in [0.717, 1.165) is 0 Å². The number of hydrogen-bond acceptors (Lipinski definition) is 5. The van der Waals surface area contributed by atoms with Crippen LogP contribution in [0.2, 0.25) is 0 Å². The molecule has 0 bridgehead atoms. The largest absolute Gasteiger partial charge is 0.481 e. The number of pyridine rings is 1. The average molecular weight is 399 g/mol. The van der Waals surface area contributed by atoms with Crippen molar-refractivity contribution >= 4 is 5.91 Å². The van der Waals surface area contributed by atoms with Crippen molar-refractivity contribution in [1.82, 2.24) is 15.2 Å². The van der Waals surface area contributed by atoms with Crippen molar-refractivity contribution in [3.63, 3.8) is 0 Å². The summed E-state index contributed by atoms with van der Waals surface area (Å²) >= 11 is 0. The lowest BCUT2D eigenvalue weighted by atomic mass is 9.94. The zero-order chi connectivity index (χ0) is 20.3. The first kappa shape index (κ1) is 20.4. The Morgan fingerprint density at radius 1 is 1.36 bits per heavy atom. The van der Waals surface area contributed by atoms with Crippen LogP contribution >= 0.6 is 0 Å². The minimum Gasteiger partial charge on any atom is -0.481 e. The molecule has 1 saturated carbocycles. The Bertz CT molecular complexity index is 747. The highest BCUT2D eigenvalue weighted by atomic mass is 19.3. The van der Waals surface area contributed by atoms with Gasteiger partial charge in [0.05, 0.1) is 7.11 Å². The molecule has 1 aliphatic heterocycles.